The van der Waals surface area contributed by atoms with Crippen LogP contribution >= 0.6 is 0 Å². The molecule has 0 fully saturated rings. The molecule has 7 heteroatoms. The van der Waals surface area contributed by atoms with Gasteiger partial charge in [0.2, 0.25) is 0 Å². The third-order valence-electron chi connectivity index (χ3n) is 3.29. The molecule has 0 saturated heterocycles. The summed E-state index contributed by atoms with van der Waals surface area (Å²) >= 11 is 0. The lowest BCUT2D eigenvalue weighted by molar-refractivity contribution is -0.262. The average molecular weight is 295 g/mol. The van der Waals surface area contributed by atoms with Gasteiger partial charge in [0, 0.05) is 12.1 Å². The summed E-state index contributed by atoms with van der Waals surface area (Å²) in [4.78, 5) is 0. The van der Waals surface area contributed by atoms with Crippen molar-refractivity contribution < 1.29 is 27.8 Å². The fourth-order valence-corrected chi connectivity index (χ4v) is 2.16. The number of halogens is 4. The number of aromatic hydroxyl groups is 1. The van der Waals surface area contributed by atoms with E-state index >= 15 is 0 Å². The van der Waals surface area contributed by atoms with Crippen molar-refractivity contribution in [3.05, 3.63) is 29.6 Å². The van der Waals surface area contributed by atoms with Crippen LogP contribution in [0.3, 0.4) is 0 Å². The zero-order valence-corrected chi connectivity index (χ0v) is 11.1. The molecular weight excluding hydrogens is 278 g/mol. The second-order valence-corrected chi connectivity index (χ2v) is 5.46. The van der Waals surface area contributed by atoms with Gasteiger partial charge in [-0.05, 0) is 30.0 Å². The van der Waals surface area contributed by atoms with Gasteiger partial charge >= 0.3 is 6.18 Å². The van der Waals surface area contributed by atoms with Crippen molar-refractivity contribution >= 4 is 0 Å². The van der Waals surface area contributed by atoms with Gasteiger partial charge in [0.15, 0.2) is 5.60 Å². The molecule has 4 N–H and O–H groups in total. The minimum atomic E-state index is -4.91. The Bertz CT molecular complexity index is 488. The Kier molecular flexibility index (Phi) is 4.36. The van der Waals surface area contributed by atoms with Gasteiger partial charge in [-0.2, -0.15) is 13.2 Å². The summed E-state index contributed by atoms with van der Waals surface area (Å²) in [6.07, 6.45) is -5.71. The van der Waals surface area contributed by atoms with Crippen LogP contribution in [0.4, 0.5) is 17.6 Å². The van der Waals surface area contributed by atoms with Gasteiger partial charge in [-0.15, -0.1) is 0 Å². The van der Waals surface area contributed by atoms with E-state index in [2.05, 4.69) is 0 Å². The van der Waals surface area contributed by atoms with Crippen LogP contribution in [-0.2, 0) is 5.41 Å². The maximum absolute atomic E-state index is 13.2. The minimum absolute atomic E-state index is 0.0198. The first-order chi connectivity index (χ1) is 8.93. The highest BCUT2D eigenvalue weighted by Crippen LogP contribution is 2.42. The van der Waals surface area contributed by atoms with E-state index in [1.165, 1.54) is 13.8 Å². The Morgan fingerprint density at radius 3 is 2.20 bits per heavy atom. The summed E-state index contributed by atoms with van der Waals surface area (Å²) in [7, 11) is 0. The van der Waals surface area contributed by atoms with Crippen LogP contribution in [0.2, 0.25) is 0 Å². The zero-order valence-electron chi connectivity index (χ0n) is 11.1. The third kappa shape index (κ3) is 3.21. The van der Waals surface area contributed by atoms with E-state index in [4.69, 9.17) is 5.73 Å². The van der Waals surface area contributed by atoms with Crippen molar-refractivity contribution in [2.24, 2.45) is 5.73 Å². The van der Waals surface area contributed by atoms with Crippen molar-refractivity contribution in [3.8, 4) is 5.75 Å². The van der Waals surface area contributed by atoms with E-state index in [9.17, 15) is 27.8 Å². The molecule has 0 saturated carbocycles. The van der Waals surface area contributed by atoms with Crippen molar-refractivity contribution in [2.75, 3.05) is 6.54 Å². The largest absolute Gasteiger partial charge is 0.508 e. The number of hydrogen-bond donors (Lipinski definition) is 3. The quantitative estimate of drug-likeness (QED) is 0.747. The second-order valence-electron chi connectivity index (χ2n) is 5.46. The molecule has 1 aromatic rings. The molecule has 1 unspecified atom stereocenters. The van der Waals surface area contributed by atoms with E-state index in [0.717, 1.165) is 18.2 Å². The molecule has 0 amide bonds. The lowest BCUT2D eigenvalue weighted by Crippen LogP contribution is -2.54. The lowest BCUT2D eigenvalue weighted by Gasteiger charge is -2.37. The Morgan fingerprint density at radius 2 is 1.75 bits per heavy atom. The van der Waals surface area contributed by atoms with Gasteiger partial charge in [-0.1, -0.05) is 13.8 Å². The van der Waals surface area contributed by atoms with Gasteiger partial charge in [-0.3, -0.25) is 0 Å². The molecule has 0 aliphatic heterocycles. The van der Waals surface area contributed by atoms with E-state index in [0.29, 0.717) is 0 Å². The molecule has 0 heterocycles. The molecular formula is C13H17F4NO2. The topological polar surface area (TPSA) is 66.5 Å². The Hall–Kier alpha value is -1.34. The van der Waals surface area contributed by atoms with Gasteiger partial charge in [-0.25, -0.2) is 4.39 Å². The molecule has 1 rings (SSSR count). The van der Waals surface area contributed by atoms with Gasteiger partial charge in [0.25, 0.3) is 0 Å². The van der Waals surface area contributed by atoms with Crippen molar-refractivity contribution in [1.82, 2.24) is 0 Å². The number of alkyl halides is 3. The number of benzene rings is 1. The normalized spacial score (nSPS) is 16.0. The smallest absolute Gasteiger partial charge is 0.418 e. The molecule has 1 aromatic carbocycles. The predicted octanol–water partition coefficient (Wildman–Crippen LogP) is 2.45. The van der Waals surface area contributed by atoms with Crippen molar-refractivity contribution in [2.45, 2.75) is 37.5 Å². The van der Waals surface area contributed by atoms with Crippen molar-refractivity contribution in [3.63, 3.8) is 0 Å². The highest BCUT2D eigenvalue weighted by atomic mass is 19.4. The number of rotatable bonds is 4. The van der Waals surface area contributed by atoms with Crippen LogP contribution < -0.4 is 5.73 Å². The molecule has 0 aromatic heterocycles. The molecule has 1 atom stereocenters. The second kappa shape index (κ2) is 5.21. The van der Waals surface area contributed by atoms with E-state index in [1.807, 2.05) is 0 Å². The monoisotopic (exact) mass is 295 g/mol. The molecule has 114 valence electrons. The van der Waals surface area contributed by atoms with E-state index in [-0.39, 0.29) is 11.3 Å². The molecule has 0 radical (unpaired) electrons. The molecule has 0 aliphatic carbocycles. The summed E-state index contributed by atoms with van der Waals surface area (Å²) in [6.45, 7) is 1.72. The van der Waals surface area contributed by atoms with Crippen LogP contribution in [0, 0.1) is 5.82 Å². The first kappa shape index (κ1) is 16.7. The number of phenolic OH excluding ortho intramolecular Hbond substituents is 1. The first-order valence-electron chi connectivity index (χ1n) is 5.91. The summed E-state index contributed by atoms with van der Waals surface area (Å²) in [5, 5.41) is 19.4. The van der Waals surface area contributed by atoms with Gasteiger partial charge in [0.05, 0.1) is 0 Å². The molecule has 0 bridgehead atoms. The third-order valence-corrected chi connectivity index (χ3v) is 3.29. The Labute approximate surface area is 114 Å². The number of nitrogens with two attached hydrogens (primary N) is 1. The predicted molar refractivity (Wildman–Crippen MR) is 65.8 cm³/mol. The maximum atomic E-state index is 13.2. The van der Waals surface area contributed by atoms with Gasteiger partial charge < -0.3 is 15.9 Å². The lowest BCUT2D eigenvalue weighted by atomic mass is 9.74. The fourth-order valence-electron chi connectivity index (χ4n) is 2.16. The average Bonchev–Trinajstić information content (AvgIpc) is 2.30. The maximum Gasteiger partial charge on any atom is 0.418 e. The summed E-state index contributed by atoms with van der Waals surface area (Å²) < 4.78 is 51.8. The minimum Gasteiger partial charge on any atom is -0.508 e. The SMILES string of the molecule is CC(C)(CC(O)(CN)C(F)(F)F)c1cc(F)ccc1O. The highest BCUT2D eigenvalue weighted by Gasteiger charge is 2.55. The molecule has 0 aliphatic rings. The van der Waals surface area contributed by atoms with E-state index in [1.54, 1.807) is 0 Å². The summed E-state index contributed by atoms with van der Waals surface area (Å²) in [5.74, 6) is -1.02. The summed E-state index contributed by atoms with van der Waals surface area (Å²) in [6, 6.07) is 3.00. The highest BCUT2D eigenvalue weighted by molar-refractivity contribution is 5.38. The standard InChI is InChI=1S/C13H17F4NO2/c1-11(2,6-12(20,7-18)13(15,16)17)9-5-8(14)3-4-10(9)19/h3-5,19-20H,6-7,18H2,1-2H3. The summed E-state index contributed by atoms with van der Waals surface area (Å²) in [5.41, 5.74) is 0.595. The Balaban J connectivity index is 3.20. The van der Waals surface area contributed by atoms with Crippen LogP contribution in [-0.4, -0.2) is 28.5 Å². The molecule has 0 spiro atoms. The first-order valence-corrected chi connectivity index (χ1v) is 5.91. The van der Waals surface area contributed by atoms with Crippen LogP contribution in [0.25, 0.3) is 0 Å². The number of hydrogen-bond acceptors (Lipinski definition) is 3. The van der Waals surface area contributed by atoms with Crippen LogP contribution in [0.5, 0.6) is 5.75 Å². The molecule has 20 heavy (non-hydrogen) atoms. The van der Waals surface area contributed by atoms with Crippen LogP contribution in [0.15, 0.2) is 18.2 Å². The Morgan fingerprint density at radius 1 is 1.20 bits per heavy atom. The molecule has 3 nitrogen and oxygen atoms in total. The van der Waals surface area contributed by atoms with Crippen LogP contribution in [0.1, 0.15) is 25.8 Å². The van der Waals surface area contributed by atoms with E-state index < -0.39 is 36.0 Å². The number of phenols is 1. The van der Waals surface area contributed by atoms with Gasteiger partial charge in [0.1, 0.15) is 11.6 Å². The number of aliphatic hydroxyl groups is 1. The fraction of sp³-hybridized carbons (Fsp3) is 0.538. The zero-order chi connectivity index (χ0) is 15.8. The van der Waals surface area contributed by atoms with Crippen molar-refractivity contribution in [1.29, 1.82) is 0 Å².